The van der Waals surface area contributed by atoms with Crippen LogP contribution in [0.15, 0.2) is 66.9 Å². The number of hydrogen-bond donors (Lipinski definition) is 1. The highest BCUT2D eigenvalue weighted by atomic mass is 35.5. The molecule has 0 unspecified atom stereocenters. The highest BCUT2D eigenvalue weighted by Gasteiger charge is 2.25. The van der Waals surface area contributed by atoms with Crippen molar-refractivity contribution >= 4 is 46.1 Å². The lowest BCUT2D eigenvalue weighted by Gasteiger charge is -2.24. The second-order valence-corrected chi connectivity index (χ2v) is 8.44. The van der Waals surface area contributed by atoms with Crippen LogP contribution in [-0.4, -0.2) is 20.5 Å². The number of phenolic OH excluding ortho intramolecular Hbond substituents is 1. The van der Waals surface area contributed by atoms with E-state index in [1.807, 2.05) is 24.3 Å². The molecule has 1 aromatic heterocycles. The van der Waals surface area contributed by atoms with E-state index >= 15 is 0 Å². The third kappa shape index (κ3) is 3.53. The van der Waals surface area contributed by atoms with E-state index < -0.39 is 0 Å². The SMILES string of the molecule is O=C(c1cc(Cl)c(O)c(Cl)c1)N1C=Cc2c(n(Cc3ccc(F)cc3)c3ccccc23)C1. The molecule has 0 radical (unpaired) electrons. The average Bonchev–Trinajstić information content (AvgIpc) is 3.11. The zero-order valence-electron chi connectivity index (χ0n) is 16.7. The molecule has 5 rings (SSSR count). The summed E-state index contributed by atoms with van der Waals surface area (Å²) in [4.78, 5) is 14.8. The summed E-state index contributed by atoms with van der Waals surface area (Å²) in [5.41, 5.74) is 4.30. The topological polar surface area (TPSA) is 45.5 Å². The molecule has 4 aromatic rings. The van der Waals surface area contributed by atoms with Crippen molar-refractivity contribution in [2.24, 2.45) is 0 Å². The van der Waals surface area contributed by atoms with E-state index in [9.17, 15) is 14.3 Å². The standard InChI is InChI=1S/C25H17Cl2FN2O2/c26-20-11-16(12-21(27)24(20)31)25(32)29-10-9-19-18-3-1-2-4-22(18)30(23(19)14-29)13-15-5-7-17(28)8-6-15/h1-12,31H,13-14H2. The van der Waals surface area contributed by atoms with Crippen molar-refractivity contribution in [3.8, 4) is 5.75 Å². The van der Waals surface area contributed by atoms with Gasteiger partial charge >= 0.3 is 0 Å². The van der Waals surface area contributed by atoms with Crippen LogP contribution in [0, 0.1) is 5.82 Å². The maximum atomic E-state index is 13.4. The molecule has 32 heavy (non-hydrogen) atoms. The summed E-state index contributed by atoms with van der Waals surface area (Å²) in [6, 6.07) is 17.3. The Morgan fingerprint density at radius 2 is 1.72 bits per heavy atom. The van der Waals surface area contributed by atoms with Crippen molar-refractivity contribution < 1.29 is 14.3 Å². The van der Waals surface area contributed by atoms with Crippen molar-refractivity contribution in [1.82, 2.24) is 9.47 Å². The Labute approximate surface area is 193 Å². The second kappa shape index (κ2) is 8.01. The third-order valence-electron chi connectivity index (χ3n) is 5.64. The van der Waals surface area contributed by atoms with Crippen molar-refractivity contribution in [3.63, 3.8) is 0 Å². The molecule has 0 spiro atoms. The van der Waals surface area contributed by atoms with E-state index in [0.717, 1.165) is 27.7 Å². The number of para-hydroxylation sites is 1. The van der Waals surface area contributed by atoms with Crippen LogP contribution in [0.4, 0.5) is 4.39 Å². The number of fused-ring (bicyclic) bond motifs is 3. The first-order valence-corrected chi connectivity index (χ1v) is 10.7. The van der Waals surface area contributed by atoms with E-state index in [-0.39, 0.29) is 33.1 Å². The van der Waals surface area contributed by atoms with Gasteiger partial charge in [-0.15, -0.1) is 0 Å². The van der Waals surface area contributed by atoms with Crippen LogP contribution >= 0.6 is 23.2 Å². The zero-order valence-corrected chi connectivity index (χ0v) is 18.2. The fourth-order valence-electron chi connectivity index (χ4n) is 4.07. The Bertz CT molecular complexity index is 1370. The van der Waals surface area contributed by atoms with Gasteiger partial charge in [0.1, 0.15) is 5.82 Å². The van der Waals surface area contributed by atoms with Crippen LogP contribution in [0.3, 0.4) is 0 Å². The summed E-state index contributed by atoms with van der Waals surface area (Å²) < 4.78 is 15.5. The predicted molar refractivity (Wildman–Crippen MR) is 124 cm³/mol. The largest absolute Gasteiger partial charge is 0.505 e. The summed E-state index contributed by atoms with van der Waals surface area (Å²) >= 11 is 12.0. The van der Waals surface area contributed by atoms with Crippen LogP contribution in [0.5, 0.6) is 5.75 Å². The normalized spacial score (nSPS) is 12.9. The minimum Gasteiger partial charge on any atom is -0.505 e. The molecule has 0 fully saturated rings. The van der Waals surface area contributed by atoms with Crippen molar-refractivity contribution in [2.45, 2.75) is 13.1 Å². The van der Waals surface area contributed by atoms with E-state index in [1.165, 1.54) is 24.3 Å². The number of carbonyl (C=O) groups is 1. The lowest BCUT2D eigenvalue weighted by molar-refractivity contribution is 0.0810. The van der Waals surface area contributed by atoms with E-state index in [4.69, 9.17) is 23.2 Å². The van der Waals surface area contributed by atoms with Crippen molar-refractivity contribution in [3.05, 3.63) is 105 Å². The Hall–Kier alpha value is -3.28. The number of aromatic nitrogens is 1. The number of nitrogens with zero attached hydrogens (tertiary/aromatic N) is 2. The summed E-state index contributed by atoms with van der Waals surface area (Å²) in [7, 11) is 0. The van der Waals surface area contributed by atoms with Crippen LogP contribution in [0.25, 0.3) is 17.0 Å². The molecule has 160 valence electrons. The predicted octanol–water partition coefficient (Wildman–Crippen LogP) is 6.47. The van der Waals surface area contributed by atoms with Gasteiger partial charge in [0.05, 0.1) is 16.6 Å². The van der Waals surface area contributed by atoms with Gasteiger partial charge in [-0.1, -0.05) is 53.5 Å². The summed E-state index contributed by atoms with van der Waals surface area (Å²) in [6.45, 7) is 0.888. The summed E-state index contributed by atoms with van der Waals surface area (Å²) in [5, 5.41) is 10.9. The summed E-state index contributed by atoms with van der Waals surface area (Å²) in [5.74, 6) is -0.811. The molecule has 0 aliphatic carbocycles. The maximum absolute atomic E-state index is 13.4. The number of phenols is 1. The Morgan fingerprint density at radius 1 is 1.03 bits per heavy atom. The lowest BCUT2D eigenvalue weighted by atomic mass is 10.1. The molecule has 0 atom stereocenters. The summed E-state index contributed by atoms with van der Waals surface area (Å²) in [6.07, 6.45) is 3.66. The Kier molecular flexibility index (Phi) is 5.16. The van der Waals surface area contributed by atoms with Gasteiger partial charge in [-0.25, -0.2) is 4.39 Å². The van der Waals surface area contributed by atoms with Gasteiger partial charge in [0.2, 0.25) is 0 Å². The number of halogens is 3. The number of hydrogen-bond acceptors (Lipinski definition) is 2. The molecular formula is C25H17Cl2FN2O2. The minimum absolute atomic E-state index is 0.0213. The highest BCUT2D eigenvalue weighted by molar-refractivity contribution is 6.37. The van der Waals surface area contributed by atoms with Gasteiger partial charge in [-0.05, 0) is 42.0 Å². The number of carbonyl (C=O) groups excluding carboxylic acids is 1. The number of benzene rings is 3. The number of aromatic hydroxyl groups is 1. The van der Waals surface area contributed by atoms with Crippen LogP contribution in [0.1, 0.15) is 27.2 Å². The van der Waals surface area contributed by atoms with E-state index in [2.05, 4.69) is 10.6 Å². The van der Waals surface area contributed by atoms with Gasteiger partial charge in [0.15, 0.2) is 5.75 Å². The molecule has 3 aromatic carbocycles. The van der Waals surface area contributed by atoms with E-state index in [0.29, 0.717) is 13.1 Å². The number of rotatable bonds is 3. The first-order chi connectivity index (χ1) is 15.4. The first-order valence-electron chi connectivity index (χ1n) is 9.94. The third-order valence-corrected chi connectivity index (χ3v) is 6.22. The van der Waals surface area contributed by atoms with Gasteiger partial charge < -0.3 is 14.6 Å². The highest BCUT2D eigenvalue weighted by Crippen LogP contribution is 2.35. The Balaban J connectivity index is 1.55. The van der Waals surface area contributed by atoms with Crippen LogP contribution in [-0.2, 0) is 13.1 Å². The smallest absolute Gasteiger partial charge is 0.258 e. The average molecular weight is 467 g/mol. The van der Waals surface area contributed by atoms with E-state index in [1.54, 1.807) is 23.2 Å². The second-order valence-electron chi connectivity index (χ2n) is 7.63. The monoisotopic (exact) mass is 466 g/mol. The maximum Gasteiger partial charge on any atom is 0.258 e. The quantitative estimate of drug-likeness (QED) is 0.376. The van der Waals surface area contributed by atoms with Crippen LogP contribution < -0.4 is 0 Å². The van der Waals surface area contributed by atoms with Crippen LogP contribution in [0.2, 0.25) is 10.0 Å². The molecule has 1 aliphatic heterocycles. The molecule has 4 nitrogen and oxygen atoms in total. The van der Waals surface area contributed by atoms with Gasteiger partial charge in [0.25, 0.3) is 5.91 Å². The molecule has 1 aliphatic rings. The van der Waals surface area contributed by atoms with Gasteiger partial charge in [-0.2, -0.15) is 0 Å². The van der Waals surface area contributed by atoms with Crippen molar-refractivity contribution in [1.29, 1.82) is 0 Å². The molecule has 7 heteroatoms. The van der Waals surface area contributed by atoms with Crippen molar-refractivity contribution in [2.75, 3.05) is 0 Å². The zero-order chi connectivity index (χ0) is 22.4. The molecule has 1 N–H and O–H groups in total. The lowest BCUT2D eigenvalue weighted by Crippen LogP contribution is -2.28. The number of amides is 1. The fraction of sp³-hybridized carbons (Fsp3) is 0.0800. The Morgan fingerprint density at radius 3 is 2.44 bits per heavy atom. The molecular weight excluding hydrogens is 450 g/mol. The molecule has 2 heterocycles. The van der Waals surface area contributed by atoms with Gasteiger partial charge in [-0.3, -0.25) is 4.79 Å². The molecule has 0 bridgehead atoms. The molecule has 0 saturated heterocycles. The van der Waals surface area contributed by atoms with Gasteiger partial charge in [0, 0.05) is 40.5 Å². The molecule has 1 amide bonds. The first kappa shape index (κ1) is 20.6. The minimum atomic E-state index is -0.283. The molecule has 0 saturated carbocycles. The fourth-order valence-corrected chi connectivity index (χ4v) is 4.55.